The first-order valence-corrected chi connectivity index (χ1v) is 7.78. The molecule has 0 saturated carbocycles. The maximum absolute atomic E-state index is 8.68. The van der Waals surface area contributed by atoms with E-state index in [1.54, 1.807) is 18.2 Å². The predicted molar refractivity (Wildman–Crippen MR) is 87.2 cm³/mol. The van der Waals surface area contributed by atoms with Crippen molar-refractivity contribution in [1.82, 2.24) is 0 Å². The van der Waals surface area contributed by atoms with Gasteiger partial charge >= 0.3 is 0 Å². The predicted octanol–water partition coefficient (Wildman–Crippen LogP) is 5.00. The van der Waals surface area contributed by atoms with Crippen molar-refractivity contribution >= 4 is 56.7 Å². The van der Waals surface area contributed by atoms with E-state index in [0.717, 1.165) is 14.3 Å². The Labute approximate surface area is 138 Å². The van der Waals surface area contributed by atoms with Crippen molar-refractivity contribution in [3.63, 3.8) is 0 Å². The number of nitrogens with two attached hydrogens (primary N) is 1. The molecule has 0 aromatic heterocycles. The van der Waals surface area contributed by atoms with Gasteiger partial charge in [-0.1, -0.05) is 40.1 Å². The van der Waals surface area contributed by atoms with Crippen LogP contribution in [0.25, 0.3) is 0 Å². The first kappa shape index (κ1) is 15.5. The normalized spacial score (nSPS) is 11.7. The van der Waals surface area contributed by atoms with E-state index < -0.39 is 0 Å². The smallest absolute Gasteiger partial charge is 0.171 e. The Hall–Kier alpha value is -0.880. The summed E-state index contributed by atoms with van der Waals surface area (Å²) in [6.07, 6.45) is 0. The molecule has 0 radical (unpaired) electrons. The highest BCUT2D eigenvalue weighted by Crippen LogP contribution is 2.34. The summed E-state index contributed by atoms with van der Waals surface area (Å²) in [6.45, 7) is 0. The Morgan fingerprint density at radius 3 is 2.35 bits per heavy atom. The largest absolute Gasteiger partial charge is 0.409 e. The van der Waals surface area contributed by atoms with Crippen molar-refractivity contribution in [3.05, 3.63) is 56.5 Å². The van der Waals surface area contributed by atoms with E-state index in [4.69, 9.17) is 34.1 Å². The second kappa shape index (κ2) is 6.72. The molecule has 7 heteroatoms. The van der Waals surface area contributed by atoms with Gasteiger partial charge in [0.05, 0.1) is 10.0 Å². The van der Waals surface area contributed by atoms with Crippen LogP contribution in [-0.4, -0.2) is 11.0 Å². The SMILES string of the molecule is N/C(=N/O)c1ccc(Sc2ccc(Cl)c(Cl)c2)cc1Br. The first-order chi connectivity index (χ1) is 9.51. The number of hydrogen-bond acceptors (Lipinski definition) is 3. The molecule has 0 aliphatic heterocycles. The van der Waals surface area contributed by atoms with Gasteiger partial charge in [0.2, 0.25) is 0 Å². The van der Waals surface area contributed by atoms with Gasteiger partial charge in [0.15, 0.2) is 5.84 Å². The summed E-state index contributed by atoms with van der Waals surface area (Å²) < 4.78 is 0.748. The molecule has 2 aromatic rings. The molecule has 0 heterocycles. The van der Waals surface area contributed by atoms with Crippen LogP contribution in [-0.2, 0) is 0 Å². The van der Waals surface area contributed by atoms with Crippen LogP contribution in [0.2, 0.25) is 10.0 Å². The average Bonchev–Trinajstić information content (AvgIpc) is 2.42. The lowest BCUT2D eigenvalue weighted by atomic mass is 10.2. The minimum Gasteiger partial charge on any atom is -0.409 e. The van der Waals surface area contributed by atoms with Crippen LogP contribution in [0.1, 0.15) is 5.56 Å². The lowest BCUT2D eigenvalue weighted by Crippen LogP contribution is -2.13. The summed E-state index contributed by atoms with van der Waals surface area (Å²) in [5.74, 6) is 0.0583. The fraction of sp³-hybridized carbons (Fsp3) is 0. The molecule has 20 heavy (non-hydrogen) atoms. The van der Waals surface area contributed by atoms with Crippen LogP contribution >= 0.6 is 50.9 Å². The van der Waals surface area contributed by atoms with Crippen molar-refractivity contribution in [3.8, 4) is 0 Å². The summed E-state index contributed by atoms with van der Waals surface area (Å²) >= 11 is 16.8. The minimum atomic E-state index is 0.0583. The number of rotatable bonds is 3. The Morgan fingerprint density at radius 2 is 1.75 bits per heavy atom. The fourth-order valence-electron chi connectivity index (χ4n) is 1.50. The third kappa shape index (κ3) is 3.61. The van der Waals surface area contributed by atoms with Gasteiger partial charge in [-0.3, -0.25) is 0 Å². The highest BCUT2D eigenvalue weighted by Gasteiger charge is 2.07. The maximum atomic E-state index is 8.68. The Balaban J connectivity index is 2.26. The molecule has 3 nitrogen and oxygen atoms in total. The van der Waals surface area contributed by atoms with Crippen molar-refractivity contribution < 1.29 is 5.21 Å². The Kier molecular flexibility index (Phi) is 5.21. The van der Waals surface area contributed by atoms with Gasteiger partial charge in [-0.25, -0.2) is 0 Å². The van der Waals surface area contributed by atoms with Crippen LogP contribution in [0.4, 0.5) is 0 Å². The third-order valence-electron chi connectivity index (χ3n) is 2.45. The highest BCUT2D eigenvalue weighted by molar-refractivity contribution is 9.10. The van der Waals surface area contributed by atoms with Crippen LogP contribution in [0.5, 0.6) is 0 Å². The summed E-state index contributed by atoms with van der Waals surface area (Å²) in [5.41, 5.74) is 6.20. The van der Waals surface area contributed by atoms with Gasteiger partial charge in [-0.2, -0.15) is 0 Å². The van der Waals surface area contributed by atoms with Crippen LogP contribution in [0.3, 0.4) is 0 Å². The highest BCUT2D eigenvalue weighted by atomic mass is 79.9. The van der Waals surface area contributed by atoms with E-state index >= 15 is 0 Å². The molecule has 0 amide bonds. The quantitative estimate of drug-likeness (QED) is 0.335. The molecule has 2 rings (SSSR count). The van der Waals surface area contributed by atoms with Gasteiger partial charge < -0.3 is 10.9 Å². The van der Waals surface area contributed by atoms with E-state index in [1.165, 1.54) is 11.8 Å². The standard InChI is InChI=1S/C13H9BrCl2N2OS/c14-10-5-7(1-3-9(10)13(17)18-19)20-8-2-4-11(15)12(16)6-8/h1-6,19H,(H2,17,18). The van der Waals surface area contributed by atoms with Crippen molar-refractivity contribution in [2.24, 2.45) is 10.9 Å². The van der Waals surface area contributed by atoms with Crippen LogP contribution in [0.15, 0.2) is 55.8 Å². The van der Waals surface area contributed by atoms with Gasteiger partial charge in [-0.15, -0.1) is 0 Å². The molecule has 0 spiro atoms. The lowest BCUT2D eigenvalue weighted by molar-refractivity contribution is 0.318. The molecule has 2 aromatic carbocycles. The minimum absolute atomic E-state index is 0.0583. The van der Waals surface area contributed by atoms with Crippen molar-refractivity contribution in [2.45, 2.75) is 9.79 Å². The molecule has 0 saturated heterocycles. The average molecular weight is 392 g/mol. The van der Waals surface area contributed by atoms with E-state index in [1.807, 2.05) is 18.2 Å². The van der Waals surface area contributed by atoms with Gasteiger partial charge in [0, 0.05) is 19.8 Å². The number of halogens is 3. The number of benzene rings is 2. The van der Waals surface area contributed by atoms with Gasteiger partial charge in [-0.05, 0) is 52.3 Å². The number of oxime groups is 1. The molecule has 0 bridgehead atoms. The summed E-state index contributed by atoms with van der Waals surface area (Å²) in [6, 6.07) is 11.0. The Bertz CT molecular complexity index is 679. The molecule has 0 aliphatic carbocycles. The molecular formula is C13H9BrCl2N2OS. The number of nitrogens with zero attached hydrogens (tertiary/aromatic N) is 1. The summed E-state index contributed by atoms with van der Waals surface area (Å²) in [4.78, 5) is 1.97. The third-order valence-corrected chi connectivity index (χ3v) is 4.83. The molecule has 0 atom stereocenters. The monoisotopic (exact) mass is 390 g/mol. The zero-order chi connectivity index (χ0) is 14.7. The number of amidine groups is 1. The Morgan fingerprint density at radius 1 is 1.10 bits per heavy atom. The van der Waals surface area contributed by atoms with Gasteiger partial charge in [0.25, 0.3) is 0 Å². The lowest BCUT2D eigenvalue weighted by Gasteiger charge is -2.07. The summed E-state index contributed by atoms with van der Waals surface area (Å²) in [7, 11) is 0. The summed E-state index contributed by atoms with van der Waals surface area (Å²) in [5, 5.41) is 12.7. The molecule has 3 N–H and O–H groups in total. The van der Waals surface area contributed by atoms with E-state index in [-0.39, 0.29) is 5.84 Å². The zero-order valence-corrected chi connectivity index (χ0v) is 13.9. The topological polar surface area (TPSA) is 58.6 Å². The number of hydrogen-bond donors (Lipinski definition) is 2. The van der Waals surface area contributed by atoms with E-state index in [9.17, 15) is 0 Å². The molecule has 0 unspecified atom stereocenters. The maximum Gasteiger partial charge on any atom is 0.171 e. The zero-order valence-electron chi connectivity index (χ0n) is 9.98. The second-order valence-corrected chi connectivity index (χ2v) is 6.62. The first-order valence-electron chi connectivity index (χ1n) is 5.41. The van der Waals surface area contributed by atoms with Gasteiger partial charge in [0.1, 0.15) is 0 Å². The van der Waals surface area contributed by atoms with Crippen LogP contribution < -0.4 is 5.73 Å². The molecule has 104 valence electrons. The molecule has 0 aliphatic rings. The molecular weight excluding hydrogens is 383 g/mol. The fourth-order valence-corrected chi connectivity index (χ4v) is 3.49. The second-order valence-electron chi connectivity index (χ2n) is 3.80. The van der Waals surface area contributed by atoms with Crippen LogP contribution in [0, 0.1) is 0 Å². The van der Waals surface area contributed by atoms with Crippen molar-refractivity contribution in [2.75, 3.05) is 0 Å². The van der Waals surface area contributed by atoms with E-state index in [0.29, 0.717) is 15.6 Å². The van der Waals surface area contributed by atoms with Crippen molar-refractivity contribution in [1.29, 1.82) is 0 Å². The van der Waals surface area contributed by atoms with E-state index in [2.05, 4.69) is 21.1 Å². The molecule has 0 fully saturated rings.